The largest absolute Gasteiger partial charge is 0.469 e. The van der Waals surface area contributed by atoms with Gasteiger partial charge in [-0.1, -0.05) is 11.8 Å². The van der Waals surface area contributed by atoms with E-state index in [1.165, 1.54) is 14.0 Å². The Labute approximate surface area is 94.3 Å². The zero-order valence-electron chi connectivity index (χ0n) is 7.96. The van der Waals surface area contributed by atoms with Gasteiger partial charge in [0.25, 0.3) is 0 Å². The highest BCUT2D eigenvalue weighted by Gasteiger charge is 2.29. The topological polar surface area (TPSA) is 35.5 Å². The predicted octanol–water partition coefficient (Wildman–Crippen LogP) is 2.14. The molecule has 0 aliphatic rings. The number of hydrogen-bond acceptors (Lipinski definition) is 5. The van der Waals surface area contributed by atoms with Gasteiger partial charge in [0.1, 0.15) is 5.25 Å². The Morgan fingerprint density at radius 3 is 2.47 bits per heavy atom. The smallest absolute Gasteiger partial charge is 0.422 e. The molecule has 1 atom stereocenters. The third-order valence-corrected chi connectivity index (χ3v) is 2.42. The van der Waals surface area contributed by atoms with Gasteiger partial charge in [0.2, 0.25) is 4.38 Å². The summed E-state index contributed by atoms with van der Waals surface area (Å²) in [6.07, 6.45) is -4.43. The molecule has 0 heterocycles. The first kappa shape index (κ1) is 14.5. The summed E-state index contributed by atoms with van der Waals surface area (Å²) in [6.45, 7) is 0.00642. The molecule has 0 N–H and O–H groups in total. The van der Waals surface area contributed by atoms with Gasteiger partial charge >= 0.3 is 12.1 Å². The Morgan fingerprint density at radius 2 is 2.07 bits per heavy atom. The molecule has 0 rings (SSSR count). The molecular formula is C7H9F3O3S2. The summed E-state index contributed by atoms with van der Waals surface area (Å²) in [7, 11) is 1.18. The fourth-order valence-corrected chi connectivity index (χ4v) is 1.63. The maximum absolute atomic E-state index is 11.7. The average Bonchev–Trinajstić information content (AvgIpc) is 2.12. The van der Waals surface area contributed by atoms with Crippen molar-refractivity contribution >= 4 is 34.3 Å². The summed E-state index contributed by atoms with van der Waals surface area (Å²) >= 11 is 5.21. The standard InChI is InChI=1S/C7H9F3O3S2/c1-4(5(11)12-2)15-6(14)13-3-7(8,9)10/h4H,3H2,1-2H3. The second-order valence-corrected chi connectivity index (χ2v) is 4.38. The molecule has 0 aliphatic heterocycles. The van der Waals surface area contributed by atoms with E-state index >= 15 is 0 Å². The Bertz CT molecular complexity index is 242. The minimum atomic E-state index is -4.43. The fourth-order valence-electron chi connectivity index (χ4n) is 0.533. The van der Waals surface area contributed by atoms with Gasteiger partial charge in [-0.05, 0) is 19.1 Å². The van der Waals surface area contributed by atoms with Gasteiger partial charge in [0, 0.05) is 0 Å². The van der Waals surface area contributed by atoms with Crippen LogP contribution in [0.2, 0.25) is 0 Å². The predicted molar refractivity (Wildman–Crippen MR) is 53.7 cm³/mol. The van der Waals surface area contributed by atoms with Crippen molar-refractivity contribution in [1.82, 2.24) is 0 Å². The molecule has 15 heavy (non-hydrogen) atoms. The molecule has 1 unspecified atom stereocenters. The van der Waals surface area contributed by atoms with Crippen LogP contribution in [-0.4, -0.2) is 35.5 Å². The number of esters is 1. The van der Waals surface area contributed by atoms with Crippen LogP contribution >= 0.6 is 24.0 Å². The Hall–Kier alpha value is -0.500. The number of hydrogen-bond donors (Lipinski definition) is 0. The maximum atomic E-state index is 11.7. The summed E-state index contributed by atoms with van der Waals surface area (Å²) in [4.78, 5) is 10.9. The van der Waals surface area contributed by atoms with E-state index in [0.717, 1.165) is 0 Å². The molecule has 0 amide bonds. The van der Waals surface area contributed by atoms with Crippen LogP contribution in [0.4, 0.5) is 13.2 Å². The monoisotopic (exact) mass is 262 g/mol. The Balaban J connectivity index is 3.89. The summed E-state index contributed by atoms with van der Waals surface area (Å²) in [5, 5.41) is -0.685. The van der Waals surface area contributed by atoms with Crippen molar-refractivity contribution in [2.45, 2.75) is 18.3 Å². The molecule has 0 aromatic rings. The average molecular weight is 262 g/mol. The van der Waals surface area contributed by atoms with Gasteiger partial charge in [-0.15, -0.1) is 0 Å². The highest BCUT2D eigenvalue weighted by molar-refractivity contribution is 8.23. The van der Waals surface area contributed by atoms with E-state index in [0.29, 0.717) is 11.8 Å². The quantitative estimate of drug-likeness (QED) is 0.575. The molecule has 0 saturated heterocycles. The van der Waals surface area contributed by atoms with Gasteiger partial charge in [-0.2, -0.15) is 13.2 Å². The lowest BCUT2D eigenvalue weighted by Gasteiger charge is -2.11. The van der Waals surface area contributed by atoms with Crippen molar-refractivity contribution in [2.75, 3.05) is 13.7 Å². The van der Waals surface area contributed by atoms with Crippen LogP contribution in [0.3, 0.4) is 0 Å². The third-order valence-electron chi connectivity index (χ3n) is 1.16. The molecule has 0 spiro atoms. The molecule has 0 aliphatic carbocycles. The van der Waals surface area contributed by atoms with Crippen molar-refractivity contribution in [3.63, 3.8) is 0 Å². The number of carbonyl (C=O) groups is 1. The highest BCUT2D eigenvalue weighted by atomic mass is 32.2. The van der Waals surface area contributed by atoms with Crippen molar-refractivity contribution in [2.24, 2.45) is 0 Å². The van der Waals surface area contributed by atoms with Crippen molar-refractivity contribution in [1.29, 1.82) is 0 Å². The van der Waals surface area contributed by atoms with Crippen molar-refractivity contribution < 1.29 is 27.4 Å². The summed E-state index contributed by atoms with van der Waals surface area (Å²) in [5.41, 5.74) is 0. The minimum Gasteiger partial charge on any atom is -0.469 e. The van der Waals surface area contributed by atoms with Crippen molar-refractivity contribution in [3.05, 3.63) is 0 Å². The maximum Gasteiger partial charge on any atom is 0.422 e. The summed E-state index contributed by atoms with van der Waals surface area (Å²) in [6, 6.07) is 0. The zero-order valence-corrected chi connectivity index (χ0v) is 9.59. The number of ether oxygens (including phenoxy) is 2. The molecule has 3 nitrogen and oxygen atoms in total. The molecule has 0 bridgehead atoms. The lowest BCUT2D eigenvalue weighted by Crippen LogP contribution is -2.21. The Kier molecular flexibility index (Phi) is 5.96. The van der Waals surface area contributed by atoms with Gasteiger partial charge in [-0.3, -0.25) is 4.79 Å². The Morgan fingerprint density at radius 1 is 1.53 bits per heavy atom. The fraction of sp³-hybridized carbons (Fsp3) is 0.714. The number of thioether (sulfide) groups is 1. The summed E-state index contributed by atoms with van der Waals surface area (Å²) < 4.78 is 43.3. The van der Waals surface area contributed by atoms with E-state index in [4.69, 9.17) is 0 Å². The zero-order chi connectivity index (χ0) is 12.1. The molecule has 0 saturated carbocycles. The van der Waals surface area contributed by atoms with E-state index in [2.05, 4.69) is 21.7 Å². The first-order valence-corrected chi connectivity index (χ1v) is 5.03. The van der Waals surface area contributed by atoms with E-state index in [1.807, 2.05) is 0 Å². The van der Waals surface area contributed by atoms with E-state index in [-0.39, 0.29) is 4.38 Å². The lowest BCUT2D eigenvalue weighted by atomic mass is 10.5. The number of thiocarbonyl (C=S) groups is 1. The van der Waals surface area contributed by atoms with E-state index in [9.17, 15) is 18.0 Å². The first-order valence-electron chi connectivity index (χ1n) is 3.74. The third kappa shape index (κ3) is 7.43. The normalized spacial score (nSPS) is 13.1. The van der Waals surface area contributed by atoms with Crippen LogP contribution in [-0.2, 0) is 14.3 Å². The molecule has 88 valence electrons. The van der Waals surface area contributed by atoms with Crippen molar-refractivity contribution in [3.8, 4) is 0 Å². The molecule has 0 fully saturated rings. The number of alkyl halides is 3. The van der Waals surface area contributed by atoms with E-state index < -0.39 is 24.0 Å². The molecule has 8 heteroatoms. The van der Waals surface area contributed by atoms with E-state index in [1.54, 1.807) is 0 Å². The van der Waals surface area contributed by atoms with Crippen LogP contribution in [0.15, 0.2) is 0 Å². The number of rotatable bonds is 3. The number of carbonyl (C=O) groups excluding carboxylic acids is 1. The van der Waals surface area contributed by atoms with Crippen LogP contribution < -0.4 is 0 Å². The molecular weight excluding hydrogens is 253 g/mol. The lowest BCUT2D eigenvalue weighted by molar-refractivity contribution is -0.154. The SMILES string of the molecule is COC(=O)C(C)SC(=S)OCC(F)(F)F. The van der Waals surface area contributed by atoms with Gasteiger partial charge in [0.05, 0.1) is 7.11 Å². The second kappa shape index (κ2) is 6.16. The van der Waals surface area contributed by atoms with Crippen LogP contribution in [0.1, 0.15) is 6.92 Å². The van der Waals surface area contributed by atoms with Crippen LogP contribution in [0.25, 0.3) is 0 Å². The minimum absolute atomic E-state index is 0.328. The molecule has 0 aromatic carbocycles. The van der Waals surface area contributed by atoms with Gasteiger partial charge < -0.3 is 9.47 Å². The molecule has 0 radical (unpaired) electrons. The number of halogens is 3. The highest BCUT2D eigenvalue weighted by Crippen LogP contribution is 2.19. The molecule has 0 aromatic heterocycles. The first-order chi connectivity index (χ1) is 6.76. The van der Waals surface area contributed by atoms with Gasteiger partial charge in [0.15, 0.2) is 6.61 Å². The van der Waals surface area contributed by atoms with Gasteiger partial charge in [-0.25, -0.2) is 0 Å². The second-order valence-electron chi connectivity index (χ2n) is 2.44. The number of methoxy groups -OCH3 is 1. The van der Waals surface area contributed by atoms with Crippen LogP contribution in [0, 0.1) is 0 Å². The van der Waals surface area contributed by atoms with Crippen LogP contribution in [0.5, 0.6) is 0 Å². The summed E-state index contributed by atoms with van der Waals surface area (Å²) in [5.74, 6) is -0.571.